The predicted molar refractivity (Wildman–Crippen MR) is 99.0 cm³/mol. The maximum atomic E-state index is 11.8. The number of anilines is 2. The number of aryl methyl sites for hydroxylation is 1. The average molecular weight is 373 g/mol. The van der Waals surface area contributed by atoms with Gasteiger partial charge >= 0.3 is 6.09 Å². The SMILES string of the molecule is CC(=O)Nc1ccc(OCCOC(=O)Nc2ccc(C)cc2[N+](=O)[O-])cc1. The van der Waals surface area contributed by atoms with Gasteiger partial charge in [-0.3, -0.25) is 20.2 Å². The van der Waals surface area contributed by atoms with Crippen LogP contribution in [-0.4, -0.2) is 30.1 Å². The molecule has 0 atom stereocenters. The lowest BCUT2D eigenvalue weighted by Gasteiger charge is -2.09. The number of rotatable bonds is 7. The van der Waals surface area contributed by atoms with Gasteiger partial charge in [0, 0.05) is 18.7 Å². The van der Waals surface area contributed by atoms with Gasteiger partial charge in [-0.15, -0.1) is 0 Å². The van der Waals surface area contributed by atoms with Crippen molar-refractivity contribution in [3.63, 3.8) is 0 Å². The van der Waals surface area contributed by atoms with Crippen molar-refractivity contribution in [3.05, 3.63) is 58.1 Å². The molecule has 0 aliphatic rings. The minimum Gasteiger partial charge on any atom is -0.490 e. The third-order valence-corrected chi connectivity index (χ3v) is 3.35. The van der Waals surface area contributed by atoms with Crippen LogP contribution in [0, 0.1) is 17.0 Å². The van der Waals surface area contributed by atoms with Crippen molar-refractivity contribution in [2.75, 3.05) is 23.8 Å². The van der Waals surface area contributed by atoms with E-state index in [0.717, 1.165) is 0 Å². The van der Waals surface area contributed by atoms with E-state index in [1.807, 2.05) is 0 Å². The van der Waals surface area contributed by atoms with Crippen LogP contribution in [0.4, 0.5) is 21.9 Å². The molecule has 9 heteroatoms. The number of hydrogen-bond acceptors (Lipinski definition) is 6. The van der Waals surface area contributed by atoms with E-state index < -0.39 is 11.0 Å². The zero-order valence-electron chi connectivity index (χ0n) is 14.9. The summed E-state index contributed by atoms with van der Waals surface area (Å²) >= 11 is 0. The number of nitro groups is 1. The molecule has 2 rings (SSSR count). The second-order valence-electron chi connectivity index (χ2n) is 5.59. The summed E-state index contributed by atoms with van der Waals surface area (Å²) in [5, 5.41) is 16.0. The summed E-state index contributed by atoms with van der Waals surface area (Å²) in [4.78, 5) is 33.2. The van der Waals surface area contributed by atoms with Gasteiger partial charge in [-0.2, -0.15) is 0 Å². The number of carbonyl (C=O) groups is 2. The molecule has 0 aliphatic carbocycles. The number of amides is 2. The lowest BCUT2D eigenvalue weighted by atomic mass is 10.2. The van der Waals surface area contributed by atoms with E-state index in [2.05, 4.69) is 10.6 Å². The lowest BCUT2D eigenvalue weighted by molar-refractivity contribution is -0.384. The van der Waals surface area contributed by atoms with Crippen molar-refractivity contribution in [3.8, 4) is 5.75 Å². The first-order valence-corrected chi connectivity index (χ1v) is 8.04. The van der Waals surface area contributed by atoms with Crippen LogP contribution < -0.4 is 15.4 Å². The third-order valence-electron chi connectivity index (χ3n) is 3.35. The molecule has 0 saturated carbocycles. The minimum absolute atomic E-state index is 0.0427. The van der Waals surface area contributed by atoms with Gasteiger partial charge in [0.05, 0.1) is 4.92 Å². The molecule has 2 aromatic rings. The quantitative estimate of drug-likeness (QED) is 0.435. The first-order chi connectivity index (χ1) is 12.8. The summed E-state index contributed by atoms with van der Waals surface area (Å²) in [5.74, 6) is 0.374. The fourth-order valence-corrected chi connectivity index (χ4v) is 2.18. The van der Waals surface area contributed by atoms with E-state index >= 15 is 0 Å². The van der Waals surface area contributed by atoms with Crippen molar-refractivity contribution in [2.45, 2.75) is 13.8 Å². The largest absolute Gasteiger partial charge is 0.490 e. The van der Waals surface area contributed by atoms with Crippen molar-refractivity contribution in [2.24, 2.45) is 0 Å². The Morgan fingerprint density at radius 3 is 2.41 bits per heavy atom. The number of ether oxygens (including phenoxy) is 2. The molecule has 0 spiro atoms. The maximum Gasteiger partial charge on any atom is 0.411 e. The lowest BCUT2D eigenvalue weighted by Crippen LogP contribution is -2.18. The average Bonchev–Trinajstić information content (AvgIpc) is 2.61. The highest BCUT2D eigenvalue weighted by atomic mass is 16.6. The zero-order chi connectivity index (χ0) is 19.8. The molecule has 0 unspecified atom stereocenters. The molecule has 0 bridgehead atoms. The Morgan fingerprint density at radius 1 is 1.07 bits per heavy atom. The van der Waals surface area contributed by atoms with Crippen LogP contribution in [-0.2, 0) is 9.53 Å². The highest BCUT2D eigenvalue weighted by Crippen LogP contribution is 2.25. The van der Waals surface area contributed by atoms with Crippen LogP contribution in [0.25, 0.3) is 0 Å². The van der Waals surface area contributed by atoms with E-state index in [4.69, 9.17) is 9.47 Å². The summed E-state index contributed by atoms with van der Waals surface area (Å²) in [5.41, 5.74) is 1.20. The molecule has 0 heterocycles. The predicted octanol–water partition coefficient (Wildman–Crippen LogP) is 3.49. The first-order valence-electron chi connectivity index (χ1n) is 8.04. The van der Waals surface area contributed by atoms with Gasteiger partial charge in [-0.25, -0.2) is 4.79 Å². The second-order valence-corrected chi connectivity index (χ2v) is 5.59. The Balaban J connectivity index is 1.78. The summed E-state index contributed by atoms with van der Waals surface area (Å²) in [6, 6.07) is 11.2. The van der Waals surface area contributed by atoms with E-state index in [0.29, 0.717) is 17.0 Å². The maximum absolute atomic E-state index is 11.8. The van der Waals surface area contributed by atoms with Gasteiger partial charge in [0.1, 0.15) is 24.7 Å². The monoisotopic (exact) mass is 373 g/mol. The molecule has 0 fully saturated rings. The van der Waals surface area contributed by atoms with Gasteiger partial charge in [0.2, 0.25) is 5.91 Å². The minimum atomic E-state index is -0.813. The molecule has 2 N–H and O–H groups in total. The van der Waals surface area contributed by atoms with Crippen molar-refractivity contribution >= 4 is 29.1 Å². The number of hydrogen-bond donors (Lipinski definition) is 2. The molecule has 9 nitrogen and oxygen atoms in total. The summed E-state index contributed by atoms with van der Waals surface area (Å²) in [6.07, 6.45) is -0.813. The molecule has 27 heavy (non-hydrogen) atoms. The molecule has 0 aromatic heterocycles. The van der Waals surface area contributed by atoms with Crippen molar-refractivity contribution in [1.82, 2.24) is 0 Å². The summed E-state index contributed by atoms with van der Waals surface area (Å²) in [7, 11) is 0. The number of benzene rings is 2. The van der Waals surface area contributed by atoms with Gasteiger partial charge in [0.25, 0.3) is 5.69 Å². The van der Waals surface area contributed by atoms with Crippen LogP contribution in [0.2, 0.25) is 0 Å². The zero-order valence-corrected chi connectivity index (χ0v) is 14.9. The molecule has 0 saturated heterocycles. The highest BCUT2D eigenvalue weighted by molar-refractivity contribution is 5.88. The molecular formula is C18H19N3O6. The van der Waals surface area contributed by atoms with E-state index in [1.165, 1.54) is 19.1 Å². The van der Waals surface area contributed by atoms with Crippen LogP contribution in [0.1, 0.15) is 12.5 Å². The third kappa shape index (κ3) is 6.31. The highest BCUT2D eigenvalue weighted by Gasteiger charge is 2.16. The fourth-order valence-electron chi connectivity index (χ4n) is 2.18. The molecule has 2 amide bonds. The van der Waals surface area contributed by atoms with Gasteiger partial charge in [-0.1, -0.05) is 6.07 Å². The molecule has 2 aromatic carbocycles. The second kappa shape index (κ2) is 9.18. The molecule has 0 radical (unpaired) electrons. The topological polar surface area (TPSA) is 120 Å². The van der Waals surface area contributed by atoms with Crippen molar-refractivity contribution in [1.29, 1.82) is 0 Å². The number of nitro benzene ring substituents is 1. The Kier molecular flexibility index (Phi) is 6.70. The van der Waals surface area contributed by atoms with Crippen LogP contribution in [0.15, 0.2) is 42.5 Å². The Hall–Kier alpha value is -3.62. The summed E-state index contributed by atoms with van der Waals surface area (Å²) < 4.78 is 10.4. The standard InChI is InChI=1S/C18H19N3O6/c1-12-3-8-16(17(11-12)21(24)25)20-18(23)27-10-9-26-15-6-4-14(5-7-15)19-13(2)22/h3-8,11H,9-10H2,1-2H3,(H,19,22)(H,20,23). The number of nitrogens with one attached hydrogen (secondary N) is 2. The van der Waals surface area contributed by atoms with Crippen LogP contribution >= 0.6 is 0 Å². The first kappa shape index (κ1) is 19.7. The summed E-state index contributed by atoms with van der Waals surface area (Å²) in [6.45, 7) is 3.19. The van der Waals surface area contributed by atoms with E-state index in [9.17, 15) is 19.7 Å². The van der Waals surface area contributed by atoms with Crippen molar-refractivity contribution < 1.29 is 24.0 Å². The van der Waals surface area contributed by atoms with Gasteiger partial charge in [0.15, 0.2) is 0 Å². The smallest absolute Gasteiger partial charge is 0.411 e. The molecular weight excluding hydrogens is 354 g/mol. The fraction of sp³-hybridized carbons (Fsp3) is 0.222. The normalized spacial score (nSPS) is 10.0. The van der Waals surface area contributed by atoms with Crippen LogP contribution in [0.5, 0.6) is 5.75 Å². The molecule has 142 valence electrons. The Bertz CT molecular complexity index is 835. The van der Waals surface area contributed by atoms with Gasteiger partial charge in [-0.05, 0) is 42.8 Å². The Labute approximate surface area is 155 Å². The molecule has 0 aliphatic heterocycles. The number of nitrogens with zero attached hydrogens (tertiary/aromatic N) is 1. The van der Waals surface area contributed by atoms with Crippen LogP contribution in [0.3, 0.4) is 0 Å². The Morgan fingerprint density at radius 2 is 1.78 bits per heavy atom. The van der Waals surface area contributed by atoms with Gasteiger partial charge < -0.3 is 14.8 Å². The van der Waals surface area contributed by atoms with E-state index in [1.54, 1.807) is 37.3 Å². The number of carbonyl (C=O) groups excluding carboxylic acids is 2. The van der Waals surface area contributed by atoms with E-state index in [-0.39, 0.29) is 30.5 Å².